The first-order valence-corrected chi connectivity index (χ1v) is 14.2. The third-order valence-electron chi connectivity index (χ3n) is 7.85. The zero-order valence-corrected chi connectivity index (χ0v) is 24.7. The number of nitrogens with one attached hydrogen (secondary N) is 1. The topological polar surface area (TPSA) is 118 Å². The minimum absolute atomic E-state index is 0.0209. The van der Waals surface area contributed by atoms with Crippen LogP contribution in [0.15, 0.2) is 36.4 Å². The second-order valence-corrected chi connectivity index (χ2v) is 12.4. The summed E-state index contributed by atoms with van der Waals surface area (Å²) in [6.45, 7) is 11.1. The number of hydrogen-bond acceptors (Lipinski definition) is 7. The summed E-state index contributed by atoms with van der Waals surface area (Å²) in [5, 5.41) is 17.8. The lowest BCUT2D eigenvalue weighted by Gasteiger charge is -2.41. The molecule has 0 saturated carbocycles. The Labute approximate surface area is 244 Å². The number of ether oxygens (including phenoxy) is 2. The lowest BCUT2D eigenvalue weighted by atomic mass is 9.77. The molecule has 42 heavy (non-hydrogen) atoms. The molecule has 10 nitrogen and oxygen atoms in total. The molecule has 1 fully saturated rings. The van der Waals surface area contributed by atoms with Crippen LogP contribution in [0.2, 0.25) is 0 Å². The van der Waals surface area contributed by atoms with E-state index >= 15 is 0 Å². The van der Waals surface area contributed by atoms with E-state index in [1.807, 2.05) is 26.8 Å². The Balaban J connectivity index is 1.63. The van der Waals surface area contributed by atoms with Gasteiger partial charge in [-0.1, -0.05) is 25.1 Å². The maximum absolute atomic E-state index is 14.0. The summed E-state index contributed by atoms with van der Waals surface area (Å²) >= 11 is 0. The number of halogens is 1. The molecule has 3 aromatic rings. The lowest BCUT2D eigenvalue weighted by Crippen LogP contribution is -2.41. The fraction of sp³-hybridized carbons (Fsp3) is 0.484. The second kappa shape index (κ2) is 11.4. The van der Waals surface area contributed by atoms with Crippen LogP contribution in [-0.2, 0) is 16.1 Å². The van der Waals surface area contributed by atoms with Crippen LogP contribution in [0.25, 0.3) is 5.65 Å². The minimum Gasteiger partial charge on any atom is -0.489 e. The van der Waals surface area contributed by atoms with Gasteiger partial charge >= 0.3 is 5.97 Å². The zero-order valence-electron chi connectivity index (χ0n) is 24.7. The Kier molecular flexibility index (Phi) is 7.98. The summed E-state index contributed by atoms with van der Waals surface area (Å²) in [4.78, 5) is 32.7. The van der Waals surface area contributed by atoms with Gasteiger partial charge in [-0.15, -0.1) is 0 Å². The highest BCUT2D eigenvalue weighted by atomic mass is 19.1. The molecule has 0 unspecified atom stereocenters. The molecule has 0 radical (unpaired) electrons. The second-order valence-electron chi connectivity index (χ2n) is 12.4. The van der Waals surface area contributed by atoms with Crippen LogP contribution in [-0.4, -0.2) is 56.9 Å². The van der Waals surface area contributed by atoms with E-state index in [-0.39, 0.29) is 24.3 Å². The molecule has 11 heteroatoms. The van der Waals surface area contributed by atoms with Crippen molar-refractivity contribution in [2.45, 2.75) is 72.1 Å². The van der Waals surface area contributed by atoms with E-state index in [4.69, 9.17) is 9.47 Å². The Hall–Kier alpha value is -3.99. The summed E-state index contributed by atoms with van der Waals surface area (Å²) in [5.41, 5.74) is 1.38. The number of fused-ring (bicyclic) bond motifs is 7. The van der Waals surface area contributed by atoms with Gasteiger partial charge in [0.15, 0.2) is 17.4 Å². The molecule has 5 heterocycles. The van der Waals surface area contributed by atoms with E-state index in [9.17, 15) is 19.1 Å². The van der Waals surface area contributed by atoms with Crippen LogP contribution in [0.4, 0.5) is 10.2 Å². The predicted molar refractivity (Wildman–Crippen MR) is 155 cm³/mol. The van der Waals surface area contributed by atoms with Gasteiger partial charge in [0.05, 0.1) is 11.2 Å². The normalized spacial score (nSPS) is 19.0. The van der Waals surface area contributed by atoms with Crippen LogP contribution in [0.3, 0.4) is 0 Å². The molecular weight excluding hydrogens is 541 g/mol. The molecule has 0 aliphatic carbocycles. The maximum atomic E-state index is 14.0. The molecule has 0 spiro atoms. The average molecular weight is 580 g/mol. The highest BCUT2D eigenvalue weighted by Gasteiger charge is 2.37. The Morgan fingerprint density at radius 1 is 1.21 bits per heavy atom. The molecular formula is C31H38FN5O5. The summed E-state index contributed by atoms with van der Waals surface area (Å²) in [6.07, 6.45) is 5.28. The smallest absolute Gasteiger partial charge is 0.337 e. The molecule has 3 aliphatic rings. The predicted octanol–water partition coefficient (Wildman–Crippen LogP) is 4.99. The first-order valence-electron chi connectivity index (χ1n) is 14.2. The first kappa shape index (κ1) is 29.5. The van der Waals surface area contributed by atoms with Crippen molar-refractivity contribution < 1.29 is 28.6 Å². The van der Waals surface area contributed by atoms with E-state index in [2.05, 4.69) is 33.3 Å². The van der Waals surface area contributed by atoms with Crippen LogP contribution in [0, 0.1) is 18.2 Å². The van der Waals surface area contributed by atoms with E-state index in [0.717, 1.165) is 19.3 Å². The summed E-state index contributed by atoms with van der Waals surface area (Å²) < 4.78 is 27.5. The minimum atomic E-state index is -1.29. The van der Waals surface area contributed by atoms with Gasteiger partial charge in [0.1, 0.15) is 24.0 Å². The molecule has 224 valence electrons. The lowest BCUT2D eigenvalue weighted by molar-refractivity contribution is -0.160. The molecule has 2 aromatic heterocycles. The average Bonchev–Trinajstić information content (AvgIpc) is 3.33. The maximum Gasteiger partial charge on any atom is 0.337 e. The van der Waals surface area contributed by atoms with E-state index < -0.39 is 29.4 Å². The van der Waals surface area contributed by atoms with Crippen LogP contribution in [0.5, 0.6) is 5.75 Å². The number of allylic oxidation sites excluding steroid dienone is 1. The number of aliphatic carboxylic acids is 1. The van der Waals surface area contributed by atoms with Crippen LogP contribution < -0.4 is 15.0 Å². The van der Waals surface area contributed by atoms with Crippen LogP contribution >= 0.6 is 0 Å². The number of piperidine rings is 1. The van der Waals surface area contributed by atoms with Crippen molar-refractivity contribution in [2.75, 3.05) is 24.6 Å². The van der Waals surface area contributed by atoms with E-state index in [1.165, 1.54) is 12.1 Å². The van der Waals surface area contributed by atoms with E-state index in [0.29, 0.717) is 47.1 Å². The number of benzene rings is 1. The fourth-order valence-corrected chi connectivity index (χ4v) is 5.53. The van der Waals surface area contributed by atoms with Gasteiger partial charge in [-0.3, -0.25) is 4.79 Å². The Bertz CT molecular complexity index is 1530. The van der Waals surface area contributed by atoms with Gasteiger partial charge in [-0.25, -0.2) is 14.2 Å². The molecule has 1 amide bonds. The number of anilines is 1. The van der Waals surface area contributed by atoms with Crippen LogP contribution in [0.1, 0.15) is 80.4 Å². The van der Waals surface area contributed by atoms with Crippen molar-refractivity contribution in [3.8, 4) is 5.75 Å². The number of carbonyl (C=O) groups is 2. The number of nitrogens with zero attached hydrogens (tertiary/aromatic N) is 4. The van der Waals surface area contributed by atoms with Gasteiger partial charge in [0.2, 0.25) is 0 Å². The summed E-state index contributed by atoms with van der Waals surface area (Å²) in [5.74, 6) is -1.07. The monoisotopic (exact) mass is 579 g/mol. The molecule has 4 bridgehead atoms. The van der Waals surface area contributed by atoms with Gasteiger partial charge in [-0.2, -0.15) is 9.61 Å². The quantitative estimate of drug-likeness (QED) is 0.417. The molecule has 1 atom stereocenters. The molecule has 3 aliphatic heterocycles. The largest absolute Gasteiger partial charge is 0.489 e. The number of rotatable bonds is 3. The standard InChI is InChI=1S/C31H38FN5O5/c1-19-25(26(29(39)40)42-30(2,3)4)28-36-13-11-31(5,12-14-36)10-6-7-15-41-23-16-21(32)9-8-20(23)18-33-27(38)22-17-24(34-19)37(28)35-22/h6-9,16-17,26H,10-15,18H2,1-5H3,(H,33,38)(H,39,40)/b7-6+/t26-/m0/s1. The van der Waals surface area contributed by atoms with Crippen molar-refractivity contribution in [2.24, 2.45) is 5.41 Å². The van der Waals surface area contributed by atoms with Gasteiger partial charge < -0.3 is 24.8 Å². The van der Waals surface area contributed by atoms with Crippen molar-refractivity contribution in [3.63, 3.8) is 0 Å². The van der Waals surface area contributed by atoms with Gasteiger partial charge in [0, 0.05) is 43.0 Å². The van der Waals surface area contributed by atoms with Crippen molar-refractivity contribution >= 4 is 23.3 Å². The highest BCUT2D eigenvalue weighted by molar-refractivity contribution is 5.93. The number of aromatic nitrogens is 3. The van der Waals surface area contributed by atoms with E-state index in [1.54, 1.807) is 23.6 Å². The Morgan fingerprint density at radius 3 is 2.64 bits per heavy atom. The molecule has 6 rings (SSSR count). The number of carbonyl (C=O) groups excluding carboxylic acids is 1. The SMILES string of the molecule is Cc1nc2cc3nn2c(c1[C@H](OC(C)(C)C)C(=O)O)N1CCC(C)(C/C=C/COc2cc(F)ccc2CNC3=O)CC1. The van der Waals surface area contributed by atoms with Crippen molar-refractivity contribution in [3.05, 3.63) is 64.7 Å². The fourth-order valence-electron chi connectivity index (χ4n) is 5.53. The number of amides is 1. The molecule has 1 saturated heterocycles. The number of carboxylic acids is 1. The molecule has 1 aromatic carbocycles. The first-order chi connectivity index (χ1) is 19.8. The summed E-state index contributed by atoms with van der Waals surface area (Å²) in [7, 11) is 0. The van der Waals surface area contributed by atoms with Gasteiger partial charge in [0.25, 0.3) is 5.91 Å². The molecule has 2 N–H and O–H groups in total. The number of aryl methyl sites for hydroxylation is 1. The van der Waals surface area contributed by atoms with Crippen molar-refractivity contribution in [1.82, 2.24) is 19.9 Å². The zero-order chi connectivity index (χ0) is 30.2. The van der Waals surface area contributed by atoms with Gasteiger partial charge in [-0.05, 0) is 58.4 Å². The third kappa shape index (κ3) is 6.25. The van der Waals surface area contributed by atoms with Crippen molar-refractivity contribution in [1.29, 1.82) is 0 Å². The number of carboxylic acid groups (broad SMARTS) is 1. The highest BCUT2D eigenvalue weighted by Crippen LogP contribution is 2.40. The Morgan fingerprint density at radius 2 is 1.95 bits per heavy atom. The summed E-state index contributed by atoms with van der Waals surface area (Å²) in [6, 6.07) is 5.81. The third-order valence-corrected chi connectivity index (χ3v) is 7.85. The number of hydrogen-bond donors (Lipinski definition) is 2.